The molecule has 1 saturated heterocycles. The van der Waals surface area contributed by atoms with Gasteiger partial charge in [-0.15, -0.1) is 0 Å². The van der Waals surface area contributed by atoms with Crippen LogP contribution < -0.4 is 9.64 Å². The van der Waals surface area contributed by atoms with Crippen molar-refractivity contribution in [2.24, 2.45) is 0 Å². The van der Waals surface area contributed by atoms with E-state index in [1.54, 1.807) is 53.4 Å². The average Bonchev–Trinajstić information content (AvgIpc) is 2.73. The molecule has 2 aromatic rings. The van der Waals surface area contributed by atoms with E-state index in [-0.39, 0.29) is 18.3 Å². The van der Waals surface area contributed by atoms with Crippen LogP contribution in [0.3, 0.4) is 0 Å². The molecule has 1 aliphatic rings. The van der Waals surface area contributed by atoms with Gasteiger partial charge in [0.05, 0.1) is 12.2 Å². The van der Waals surface area contributed by atoms with Crippen molar-refractivity contribution < 1.29 is 23.9 Å². The molecule has 1 amide bonds. The number of hydrogen-bond acceptors (Lipinski definition) is 5. The highest BCUT2D eigenvalue weighted by molar-refractivity contribution is 5.99. The zero-order chi connectivity index (χ0) is 19.9. The first-order chi connectivity index (χ1) is 13.6. The molecule has 146 valence electrons. The number of carbonyl (C=O) groups excluding carboxylic acids is 3. The molecule has 3 rings (SSSR count). The Bertz CT molecular complexity index is 842. The van der Waals surface area contributed by atoms with E-state index in [2.05, 4.69) is 0 Å². The van der Waals surface area contributed by atoms with Crippen LogP contribution in [0.1, 0.15) is 46.9 Å². The summed E-state index contributed by atoms with van der Waals surface area (Å²) in [6, 6.07) is 13.4. The minimum atomic E-state index is -0.573. The van der Waals surface area contributed by atoms with Crippen molar-refractivity contribution in [3.05, 3.63) is 59.7 Å². The normalized spacial score (nSPS) is 13.9. The Kier molecular flexibility index (Phi) is 6.42. The van der Waals surface area contributed by atoms with Crippen LogP contribution in [-0.2, 0) is 9.53 Å². The minimum Gasteiger partial charge on any atom is -0.494 e. The van der Waals surface area contributed by atoms with Crippen LogP contribution in [0, 0.1) is 0 Å². The zero-order valence-corrected chi connectivity index (χ0v) is 15.8. The number of benzene rings is 2. The number of nitrogens with zero attached hydrogens (tertiary/aromatic N) is 1. The Morgan fingerprint density at radius 2 is 1.64 bits per heavy atom. The van der Waals surface area contributed by atoms with Crippen LogP contribution in [-0.4, -0.2) is 37.4 Å². The summed E-state index contributed by atoms with van der Waals surface area (Å²) < 4.78 is 10.5. The maximum atomic E-state index is 12.2. The molecule has 1 heterocycles. The Hall–Kier alpha value is -3.15. The first-order valence-corrected chi connectivity index (χ1v) is 9.42. The second-order valence-electron chi connectivity index (χ2n) is 6.51. The molecule has 28 heavy (non-hydrogen) atoms. The van der Waals surface area contributed by atoms with Crippen molar-refractivity contribution in [1.29, 1.82) is 0 Å². The molecule has 0 saturated carbocycles. The van der Waals surface area contributed by atoms with Gasteiger partial charge in [0.2, 0.25) is 5.91 Å². The van der Waals surface area contributed by atoms with Crippen molar-refractivity contribution in [2.75, 3.05) is 24.7 Å². The molecule has 2 aromatic carbocycles. The molecular weight excluding hydrogens is 358 g/mol. The van der Waals surface area contributed by atoms with Gasteiger partial charge < -0.3 is 14.4 Å². The standard InChI is InChI=1S/C22H23NO5/c1-2-27-19-12-8-16(9-13-19)20(24)15-28-22(26)17-6-10-18(11-7-17)23-14-4-3-5-21(23)25/h6-13H,2-5,14-15H2,1H3. The second kappa shape index (κ2) is 9.17. The molecule has 0 atom stereocenters. The molecule has 1 fully saturated rings. The molecule has 6 nitrogen and oxygen atoms in total. The van der Waals surface area contributed by atoms with E-state index in [4.69, 9.17) is 9.47 Å². The maximum Gasteiger partial charge on any atom is 0.338 e. The molecule has 0 aromatic heterocycles. The van der Waals surface area contributed by atoms with Gasteiger partial charge in [-0.1, -0.05) is 0 Å². The quantitative estimate of drug-likeness (QED) is 0.541. The summed E-state index contributed by atoms with van der Waals surface area (Å²) in [5.74, 6) is -0.0754. The van der Waals surface area contributed by atoms with Crippen LogP contribution in [0.2, 0.25) is 0 Å². The third kappa shape index (κ3) is 4.76. The number of amides is 1. The Morgan fingerprint density at radius 3 is 2.29 bits per heavy atom. The number of hydrogen-bond donors (Lipinski definition) is 0. The number of Topliss-reactive ketones (excluding diaryl/α,β-unsaturated/α-hetero) is 1. The fourth-order valence-electron chi connectivity index (χ4n) is 3.06. The number of ketones is 1. The van der Waals surface area contributed by atoms with Gasteiger partial charge in [-0.25, -0.2) is 4.79 Å². The highest BCUT2D eigenvalue weighted by atomic mass is 16.5. The smallest absolute Gasteiger partial charge is 0.338 e. The highest BCUT2D eigenvalue weighted by Crippen LogP contribution is 2.21. The van der Waals surface area contributed by atoms with Crippen LogP contribution in [0.4, 0.5) is 5.69 Å². The lowest BCUT2D eigenvalue weighted by Gasteiger charge is -2.26. The van der Waals surface area contributed by atoms with Crippen LogP contribution >= 0.6 is 0 Å². The third-order valence-electron chi connectivity index (χ3n) is 4.56. The van der Waals surface area contributed by atoms with Crippen molar-refractivity contribution >= 4 is 23.3 Å². The second-order valence-corrected chi connectivity index (χ2v) is 6.51. The largest absolute Gasteiger partial charge is 0.494 e. The van der Waals surface area contributed by atoms with Gasteiger partial charge in [0.1, 0.15) is 5.75 Å². The Morgan fingerprint density at radius 1 is 0.964 bits per heavy atom. The fourth-order valence-corrected chi connectivity index (χ4v) is 3.06. The number of anilines is 1. The third-order valence-corrected chi connectivity index (χ3v) is 4.56. The van der Waals surface area contributed by atoms with E-state index < -0.39 is 5.97 Å². The van der Waals surface area contributed by atoms with Gasteiger partial charge in [-0.05, 0) is 68.3 Å². The van der Waals surface area contributed by atoms with Crippen LogP contribution in [0.5, 0.6) is 5.75 Å². The van der Waals surface area contributed by atoms with Gasteiger partial charge >= 0.3 is 5.97 Å². The SMILES string of the molecule is CCOc1ccc(C(=O)COC(=O)c2ccc(N3CCCCC3=O)cc2)cc1. The molecule has 0 N–H and O–H groups in total. The molecule has 0 spiro atoms. The monoisotopic (exact) mass is 381 g/mol. The molecule has 0 unspecified atom stereocenters. The number of ether oxygens (including phenoxy) is 2. The molecular formula is C22H23NO5. The van der Waals surface area contributed by atoms with E-state index in [9.17, 15) is 14.4 Å². The summed E-state index contributed by atoms with van der Waals surface area (Å²) in [6.07, 6.45) is 2.45. The van der Waals surface area contributed by atoms with E-state index >= 15 is 0 Å². The molecule has 6 heteroatoms. The number of rotatable bonds is 7. The lowest BCUT2D eigenvalue weighted by atomic mass is 10.1. The Labute approximate surface area is 164 Å². The lowest BCUT2D eigenvalue weighted by molar-refractivity contribution is -0.119. The number of piperidine rings is 1. The van der Waals surface area contributed by atoms with Gasteiger partial charge in [0.25, 0.3) is 0 Å². The highest BCUT2D eigenvalue weighted by Gasteiger charge is 2.20. The first-order valence-electron chi connectivity index (χ1n) is 9.42. The van der Waals surface area contributed by atoms with Gasteiger partial charge in [-0.2, -0.15) is 0 Å². The van der Waals surface area contributed by atoms with Gasteiger partial charge in [0, 0.05) is 24.2 Å². The summed E-state index contributed by atoms with van der Waals surface area (Å²) in [5.41, 5.74) is 1.56. The summed E-state index contributed by atoms with van der Waals surface area (Å²) in [6.45, 7) is 2.80. The van der Waals surface area contributed by atoms with E-state index in [0.717, 1.165) is 18.5 Å². The Balaban J connectivity index is 1.55. The summed E-state index contributed by atoms with van der Waals surface area (Å²) in [4.78, 5) is 38.1. The van der Waals surface area contributed by atoms with Gasteiger partial charge in [-0.3, -0.25) is 9.59 Å². The summed E-state index contributed by atoms with van der Waals surface area (Å²) >= 11 is 0. The molecule has 0 bridgehead atoms. The van der Waals surface area contributed by atoms with E-state index in [0.29, 0.717) is 36.4 Å². The predicted octanol–water partition coefficient (Wildman–Crippen LogP) is 3.64. The first kappa shape index (κ1) is 19.6. The van der Waals surface area contributed by atoms with Crippen LogP contribution in [0.15, 0.2) is 48.5 Å². The van der Waals surface area contributed by atoms with Crippen molar-refractivity contribution in [2.45, 2.75) is 26.2 Å². The predicted molar refractivity (Wildman–Crippen MR) is 105 cm³/mol. The average molecular weight is 381 g/mol. The zero-order valence-electron chi connectivity index (χ0n) is 15.8. The number of esters is 1. The fraction of sp³-hybridized carbons (Fsp3) is 0.318. The van der Waals surface area contributed by atoms with E-state index in [1.165, 1.54) is 0 Å². The molecule has 0 radical (unpaired) electrons. The van der Waals surface area contributed by atoms with E-state index in [1.807, 2.05) is 6.92 Å². The van der Waals surface area contributed by atoms with Gasteiger partial charge in [0.15, 0.2) is 12.4 Å². The van der Waals surface area contributed by atoms with Crippen molar-refractivity contribution in [1.82, 2.24) is 0 Å². The molecule has 0 aliphatic carbocycles. The maximum absolute atomic E-state index is 12.2. The topological polar surface area (TPSA) is 72.9 Å². The summed E-state index contributed by atoms with van der Waals surface area (Å²) in [7, 11) is 0. The van der Waals surface area contributed by atoms with Crippen molar-refractivity contribution in [3.63, 3.8) is 0 Å². The number of carbonyl (C=O) groups is 3. The molecule has 1 aliphatic heterocycles. The minimum absolute atomic E-state index is 0.0996. The van der Waals surface area contributed by atoms with Crippen molar-refractivity contribution in [3.8, 4) is 5.75 Å². The lowest BCUT2D eigenvalue weighted by Crippen LogP contribution is -2.35. The van der Waals surface area contributed by atoms with Crippen LogP contribution in [0.25, 0.3) is 0 Å². The summed E-state index contributed by atoms with van der Waals surface area (Å²) in [5, 5.41) is 0.